The Labute approximate surface area is 234 Å². The molecule has 0 bridgehead atoms. The minimum atomic E-state index is -1.19. The largest absolute Gasteiger partial charge is 0.480 e. The van der Waals surface area contributed by atoms with Crippen LogP contribution in [-0.4, -0.2) is 70.0 Å². The van der Waals surface area contributed by atoms with Crippen LogP contribution in [0, 0.1) is 11.8 Å². The normalized spacial score (nSPS) is 15.3. The van der Waals surface area contributed by atoms with Crippen LogP contribution in [-0.2, 0) is 25.6 Å². The Kier molecular flexibility index (Phi) is 12.8. The highest BCUT2D eigenvalue weighted by molar-refractivity contribution is 7.98. The first-order valence-electron chi connectivity index (χ1n) is 13.4. The maximum absolute atomic E-state index is 13.3. The molecule has 7 N–H and O–H groups in total. The monoisotopic (exact) mass is 561 g/mol. The first kappa shape index (κ1) is 32.2. The van der Waals surface area contributed by atoms with E-state index in [2.05, 4.69) is 20.9 Å². The number of nitrogens with one attached hydrogen (secondary N) is 4. The number of hydrogen-bond acceptors (Lipinski definition) is 6. The number of fused-ring (bicyclic) bond motifs is 1. The number of carbonyl (C=O) groups is 4. The van der Waals surface area contributed by atoms with Gasteiger partial charge in [0.15, 0.2) is 0 Å². The van der Waals surface area contributed by atoms with Gasteiger partial charge in [-0.25, -0.2) is 4.79 Å². The van der Waals surface area contributed by atoms with Crippen LogP contribution in [0.4, 0.5) is 0 Å². The van der Waals surface area contributed by atoms with E-state index in [1.165, 1.54) is 11.8 Å². The molecule has 1 aromatic carbocycles. The Hall–Kier alpha value is -3.05. The highest BCUT2D eigenvalue weighted by atomic mass is 32.2. The molecule has 11 heteroatoms. The van der Waals surface area contributed by atoms with E-state index < -0.39 is 47.9 Å². The van der Waals surface area contributed by atoms with Gasteiger partial charge in [0.25, 0.3) is 0 Å². The molecule has 0 aliphatic heterocycles. The van der Waals surface area contributed by atoms with Crippen LogP contribution in [0.15, 0.2) is 30.5 Å². The van der Waals surface area contributed by atoms with Gasteiger partial charge in [0.2, 0.25) is 17.7 Å². The number of para-hydroxylation sites is 1. The third-order valence-electron chi connectivity index (χ3n) is 6.86. The topological polar surface area (TPSA) is 166 Å². The summed E-state index contributed by atoms with van der Waals surface area (Å²) in [6.45, 7) is 7.68. The molecule has 10 nitrogen and oxygen atoms in total. The second-order valence-corrected chi connectivity index (χ2v) is 11.4. The third kappa shape index (κ3) is 9.58. The molecule has 0 spiro atoms. The standard InChI is InChI=1S/C28H43N5O5S/c1-6-17(4)24(29)27(36)32-22(13-16(2)3)26(35)31-21(11-12-39-5)25(34)33-23(28(37)38)14-18-15-30-20-10-8-7-9-19(18)20/h7-10,15-17,21-24,30H,6,11-14,29H2,1-5H3,(H,31,35)(H,32,36)(H,33,34)(H,37,38). The molecule has 39 heavy (non-hydrogen) atoms. The quantitative estimate of drug-likeness (QED) is 0.183. The summed E-state index contributed by atoms with van der Waals surface area (Å²) in [7, 11) is 0. The number of aliphatic carboxylic acids is 1. The number of carboxylic acids is 1. The molecule has 5 atom stereocenters. The maximum atomic E-state index is 13.3. The number of amides is 3. The lowest BCUT2D eigenvalue weighted by Crippen LogP contribution is -2.58. The second-order valence-electron chi connectivity index (χ2n) is 10.4. The van der Waals surface area contributed by atoms with E-state index in [4.69, 9.17) is 5.73 Å². The summed E-state index contributed by atoms with van der Waals surface area (Å²) in [5.41, 5.74) is 7.71. The lowest BCUT2D eigenvalue weighted by molar-refractivity contribution is -0.142. The van der Waals surface area contributed by atoms with Gasteiger partial charge in [-0.2, -0.15) is 11.8 Å². The van der Waals surface area contributed by atoms with Crippen molar-refractivity contribution in [3.8, 4) is 0 Å². The van der Waals surface area contributed by atoms with Crippen molar-refractivity contribution in [1.82, 2.24) is 20.9 Å². The molecule has 0 radical (unpaired) electrons. The van der Waals surface area contributed by atoms with Crippen molar-refractivity contribution in [2.24, 2.45) is 17.6 Å². The molecule has 0 aliphatic carbocycles. The lowest BCUT2D eigenvalue weighted by Gasteiger charge is -2.27. The van der Waals surface area contributed by atoms with Gasteiger partial charge < -0.3 is 31.8 Å². The van der Waals surface area contributed by atoms with Crippen molar-refractivity contribution in [1.29, 1.82) is 0 Å². The van der Waals surface area contributed by atoms with Gasteiger partial charge in [0.05, 0.1) is 6.04 Å². The number of carbonyl (C=O) groups excluding carboxylic acids is 3. The molecule has 0 saturated carbocycles. The molecule has 2 rings (SSSR count). The zero-order chi connectivity index (χ0) is 29.1. The Morgan fingerprint density at radius 2 is 1.59 bits per heavy atom. The number of rotatable bonds is 16. The molecule has 0 fully saturated rings. The Morgan fingerprint density at radius 3 is 2.21 bits per heavy atom. The van der Waals surface area contributed by atoms with E-state index in [0.29, 0.717) is 18.6 Å². The van der Waals surface area contributed by atoms with Gasteiger partial charge >= 0.3 is 5.97 Å². The summed E-state index contributed by atoms with van der Waals surface area (Å²) in [4.78, 5) is 54.5. The van der Waals surface area contributed by atoms with Gasteiger partial charge in [0.1, 0.15) is 18.1 Å². The highest BCUT2D eigenvalue weighted by Crippen LogP contribution is 2.19. The first-order valence-corrected chi connectivity index (χ1v) is 14.8. The van der Waals surface area contributed by atoms with Crippen molar-refractivity contribution in [3.63, 3.8) is 0 Å². The predicted molar refractivity (Wildman–Crippen MR) is 155 cm³/mol. The van der Waals surface area contributed by atoms with Crippen molar-refractivity contribution >= 4 is 46.4 Å². The fraction of sp³-hybridized carbons (Fsp3) is 0.571. The van der Waals surface area contributed by atoms with Crippen LogP contribution in [0.3, 0.4) is 0 Å². The molecule has 216 valence electrons. The molecular formula is C28H43N5O5S. The second kappa shape index (κ2) is 15.5. The minimum absolute atomic E-state index is 0.0574. The number of thioether (sulfide) groups is 1. The average Bonchev–Trinajstić information content (AvgIpc) is 3.31. The summed E-state index contributed by atoms with van der Waals surface area (Å²) in [5, 5.41) is 18.9. The minimum Gasteiger partial charge on any atom is -0.480 e. The molecule has 3 amide bonds. The van der Waals surface area contributed by atoms with E-state index in [-0.39, 0.29) is 18.3 Å². The van der Waals surface area contributed by atoms with Gasteiger partial charge in [-0.3, -0.25) is 14.4 Å². The summed E-state index contributed by atoms with van der Waals surface area (Å²) in [5.74, 6) is -2.08. The Bertz CT molecular complexity index is 1120. The molecule has 5 unspecified atom stereocenters. The SMILES string of the molecule is CCC(C)C(N)C(=O)NC(CC(C)C)C(=O)NC(CCSC)C(=O)NC(Cc1c[nH]c2ccccc12)C(=O)O. The Balaban J connectivity index is 2.17. The van der Waals surface area contributed by atoms with E-state index in [1.54, 1.807) is 6.20 Å². The van der Waals surface area contributed by atoms with E-state index in [9.17, 15) is 24.3 Å². The number of H-pyrrole nitrogens is 1. The lowest BCUT2D eigenvalue weighted by atomic mass is 9.97. The van der Waals surface area contributed by atoms with E-state index in [1.807, 2.05) is 58.2 Å². The van der Waals surface area contributed by atoms with Crippen molar-refractivity contribution in [2.45, 2.75) is 77.5 Å². The zero-order valence-electron chi connectivity index (χ0n) is 23.5. The summed E-state index contributed by atoms with van der Waals surface area (Å²) in [6, 6.07) is 3.74. The van der Waals surface area contributed by atoms with Gasteiger partial charge in [-0.15, -0.1) is 0 Å². The molecule has 1 heterocycles. The summed E-state index contributed by atoms with van der Waals surface area (Å²) in [6.07, 6.45) is 5.07. The number of aromatic amines is 1. The third-order valence-corrected chi connectivity index (χ3v) is 7.50. The number of benzene rings is 1. The van der Waals surface area contributed by atoms with E-state index in [0.717, 1.165) is 22.9 Å². The predicted octanol–water partition coefficient (Wildman–Crippen LogP) is 2.42. The highest BCUT2D eigenvalue weighted by Gasteiger charge is 2.31. The van der Waals surface area contributed by atoms with Gasteiger partial charge in [0, 0.05) is 23.5 Å². The molecule has 0 saturated heterocycles. The molecule has 0 aliphatic rings. The molecular weight excluding hydrogens is 518 g/mol. The van der Waals surface area contributed by atoms with Crippen LogP contribution in [0.5, 0.6) is 0 Å². The van der Waals surface area contributed by atoms with Gasteiger partial charge in [-0.05, 0) is 48.3 Å². The maximum Gasteiger partial charge on any atom is 0.326 e. The molecule has 1 aromatic heterocycles. The number of aromatic nitrogens is 1. The number of carboxylic acid groups (broad SMARTS) is 1. The smallest absolute Gasteiger partial charge is 0.326 e. The van der Waals surface area contributed by atoms with Crippen LogP contribution in [0.1, 0.15) is 52.5 Å². The van der Waals surface area contributed by atoms with E-state index >= 15 is 0 Å². The fourth-order valence-electron chi connectivity index (χ4n) is 4.25. The van der Waals surface area contributed by atoms with Crippen molar-refractivity contribution in [2.75, 3.05) is 12.0 Å². The number of hydrogen-bond donors (Lipinski definition) is 6. The summed E-state index contributed by atoms with van der Waals surface area (Å²) >= 11 is 1.51. The Morgan fingerprint density at radius 1 is 0.974 bits per heavy atom. The van der Waals surface area contributed by atoms with Crippen molar-refractivity contribution in [3.05, 3.63) is 36.0 Å². The van der Waals surface area contributed by atoms with Crippen LogP contribution < -0.4 is 21.7 Å². The first-order chi connectivity index (χ1) is 18.5. The fourth-order valence-corrected chi connectivity index (χ4v) is 4.72. The van der Waals surface area contributed by atoms with Crippen LogP contribution >= 0.6 is 11.8 Å². The van der Waals surface area contributed by atoms with Crippen LogP contribution in [0.2, 0.25) is 0 Å². The number of nitrogens with two attached hydrogens (primary N) is 1. The zero-order valence-corrected chi connectivity index (χ0v) is 24.3. The summed E-state index contributed by atoms with van der Waals surface area (Å²) < 4.78 is 0. The molecule has 2 aromatic rings. The van der Waals surface area contributed by atoms with Crippen molar-refractivity contribution < 1.29 is 24.3 Å². The average molecular weight is 562 g/mol. The van der Waals surface area contributed by atoms with Gasteiger partial charge in [-0.1, -0.05) is 52.3 Å². The van der Waals surface area contributed by atoms with Crippen LogP contribution in [0.25, 0.3) is 10.9 Å².